The molecule has 1 N–H and O–H groups in total. The average molecular weight is 330 g/mol. The van der Waals surface area contributed by atoms with Crippen LogP contribution in [-0.4, -0.2) is 44.6 Å². The number of nitrogens with one attached hydrogen (secondary N) is 1. The molecule has 7 heteroatoms. The van der Waals surface area contributed by atoms with E-state index in [1.807, 2.05) is 13.0 Å². The summed E-state index contributed by atoms with van der Waals surface area (Å²) >= 11 is 1.38. The Hall–Kier alpha value is -0.470. The molecular weight excluding hydrogens is 308 g/mol. The molecule has 1 aliphatic heterocycles. The van der Waals surface area contributed by atoms with Gasteiger partial charge in [-0.2, -0.15) is 4.31 Å². The Bertz CT molecular complexity index is 581. The first-order valence-corrected chi connectivity index (χ1v) is 9.79. The number of hydrogen-bond acceptors (Lipinski definition) is 5. The molecule has 3 rings (SSSR count). The smallest absolute Gasteiger partial charge is 0.252 e. The van der Waals surface area contributed by atoms with Gasteiger partial charge in [-0.3, -0.25) is 0 Å². The molecule has 0 amide bonds. The summed E-state index contributed by atoms with van der Waals surface area (Å²) in [5.41, 5.74) is 0. The van der Waals surface area contributed by atoms with Gasteiger partial charge in [0.05, 0.1) is 12.7 Å². The van der Waals surface area contributed by atoms with Gasteiger partial charge in [-0.15, -0.1) is 11.3 Å². The van der Waals surface area contributed by atoms with Crippen LogP contribution in [0.15, 0.2) is 16.3 Å². The number of morpholine rings is 1. The van der Waals surface area contributed by atoms with Gasteiger partial charge in [-0.25, -0.2) is 8.42 Å². The van der Waals surface area contributed by atoms with E-state index in [0.29, 0.717) is 29.9 Å². The highest BCUT2D eigenvalue weighted by Crippen LogP contribution is 2.27. The summed E-state index contributed by atoms with van der Waals surface area (Å²) in [7, 11) is -3.36. The highest BCUT2D eigenvalue weighted by molar-refractivity contribution is 7.91. The molecule has 2 heterocycles. The van der Waals surface area contributed by atoms with Gasteiger partial charge in [0.15, 0.2) is 0 Å². The van der Waals surface area contributed by atoms with Crippen molar-refractivity contribution in [2.24, 2.45) is 0 Å². The summed E-state index contributed by atoms with van der Waals surface area (Å²) < 4.78 is 32.9. The largest absolute Gasteiger partial charge is 0.375 e. The molecule has 1 saturated carbocycles. The Labute approximate surface area is 130 Å². The van der Waals surface area contributed by atoms with Crippen LogP contribution in [0.25, 0.3) is 0 Å². The van der Waals surface area contributed by atoms with Crippen LogP contribution in [0.5, 0.6) is 0 Å². The van der Waals surface area contributed by atoms with Gasteiger partial charge in [0, 0.05) is 30.6 Å². The van der Waals surface area contributed by atoms with Crippen molar-refractivity contribution >= 4 is 21.4 Å². The second kappa shape index (κ2) is 6.34. The van der Waals surface area contributed by atoms with Crippen molar-refractivity contribution in [2.75, 3.05) is 19.7 Å². The Morgan fingerprint density at radius 2 is 2.24 bits per heavy atom. The van der Waals surface area contributed by atoms with E-state index in [4.69, 9.17) is 4.74 Å². The van der Waals surface area contributed by atoms with Gasteiger partial charge in [-0.05, 0) is 31.4 Å². The van der Waals surface area contributed by atoms with E-state index >= 15 is 0 Å². The summed E-state index contributed by atoms with van der Waals surface area (Å²) in [6.07, 6.45) is 3.34. The van der Waals surface area contributed by atoms with E-state index in [-0.39, 0.29) is 6.10 Å². The lowest BCUT2D eigenvalue weighted by molar-refractivity contribution is -0.00272. The molecule has 0 radical (unpaired) electrons. The number of nitrogens with zero attached hydrogens (tertiary/aromatic N) is 1. The number of ether oxygens (including phenoxy) is 1. The minimum Gasteiger partial charge on any atom is -0.375 e. The Kier molecular flexibility index (Phi) is 4.66. The van der Waals surface area contributed by atoms with Crippen LogP contribution in [0.4, 0.5) is 0 Å². The second-order valence-electron chi connectivity index (χ2n) is 5.64. The molecule has 21 heavy (non-hydrogen) atoms. The van der Waals surface area contributed by atoms with E-state index < -0.39 is 10.0 Å². The highest BCUT2D eigenvalue weighted by Gasteiger charge is 2.31. The monoisotopic (exact) mass is 330 g/mol. The second-order valence-corrected chi connectivity index (χ2v) is 8.97. The molecule has 1 atom stereocenters. The first kappa shape index (κ1) is 15.4. The predicted octanol–water partition coefficient (Wildman–Crippen LogP) is 1.80. The lowest BCUT2D eigenvalue weighted by Crippen LogP contribution is -2.45. The molecule has 1 aromatic rings. The third kappa shape index (κ3) is 3.65. The van der Waals surface area contributed by atoms with Crippen molar-refractivity contribution in [1.29, 1.82) is 0 Å². The summed E-state index contributed by atoms with van der Waals surface area (Å²) in [6.45, 7) is 4.19. The Morgan fingerprint density at radius 3 is 2.95 bits per heavy atom. The zero-order valence-corrected chi connectivity index (χ0v) is 13.9. The summed E-state index contributed by atoms with van der Waals surface area (Å²) in [4.78, 5) is 1.08. The van der Waals surface area contributed by atoms with Crippen LogP contribution in [0.3, 0.4) is 0 Å². The Morgan fingerprint density at radius 1 is 1.43 bits per heavy atom. The summed E-state index contributed by atoms with van der Waals surface area (Å²) in [5.74, 6) is 0. The van der Waals surface area contributed by atoms with Gasteiger partial charge in [0.1, 0.15) is 4.21 Å². The number of rotatable bonds is 6. The lowest BCUT2D eigenvalue weighted by Gasteiger charge is -2.31. The van der Waals surface area contributed by atoms with E-state index in [2.05, 4.69) is 5.32 Å². The van der Waals surface area contributed by atoms with Crippen LogP contribution in [0.1, 0.15) is 31.1 Å². The zero-order valence-electron chi connectivity index (χ0n) is 12.2. The van der Waals surface area contributed by atoms with Crippen molar-refractivity contribution in [3.05, 3.63) is 17.0 Å². The molecule has 2 aliphatic rings. The van der Waals surface area contributed by atoms with Crippen molar-refractivity contribution in [3.8, 4) is 0 Å². The molecule has 2 fully saturated rings. The maximum absolute atomic E-state index is 12.7. The molecule has 118 valence electrons. The average Bonchev–Trinajstić information content (AvgIpc) is 3.21. The molecule has 0 aromatic carbocycles. The van der Waals surface area contributed by atoms with Crippen molar-refractivity contribution in [2.45, 2.75) is 49.1 Å². The van der Waals surface area contributed by atoms with Crippen LogP contribution in [-0.2, 0) is 21.3 Å². The van der Waals surface area contributed by atoms with Gasteiger partial charge >= 0.3 is 0 Å². The number of hydrogen-bond donors (Lipinski definition) is 1. The van der Waals surface area contributed by atoms with Crippen LogP contribution >= 0.6 is 11.3 Å². The highest BCUT2D eigenvalue weighted by atomic mass is 32.2. The third-order valence-corrected chi connectivity index (χ3v) is 7.35. The summed E-state index contributed by atoms with van der Waals surface area (Å²) in [5, 5.41) is 3.42. The van der Waals surface area contributed by atoms with E-state index in [1.54, 1.807) is 10.4 Å². The fourth-order valence-electron chi connectivity index (χ4n) is 2.41. The maximum atomic E-state index is 12.7. The fourth-order valence-corrected chi connectivity index (χ4v) is 5.33. The van der Waals surface area contributed by atoms with E-state index in [9.17, 15) is 8.42 Å². The zero-order chi connectivity index (χ0) is 14.9. The standard InChI is InChI=1S/C14H22N2O3S2/c1-2-12-10-16(7-8-19-12)21(17,18)14-6-5-13(20-14)9-15-11-3-4-11/h5-6,11-12,15H,2-4,7-10H2,1H3. The molecule has 0 bridgehead atoms. The maximum Gasteiger partial charge on any atom is 0.252 e. The molecule has 1 aromatic heterocycles. The molecule has 5 nitrogen and oxygen atoms in total. The first-order chi connectivity index (χ1) is 10.1. The normalized spacial score (nSPS) is 24.3. The topological polar surface area (TPSA) is 58.6 Å². The third-order valence-electron chi connectivity index (χ3n) is 3.93. The first-order valence-electron chi connectivity index (χ1n) is 7.53. The van der Waals surface area contributed by atoms with Crippen molar-refractivity contribution in [3.63, 3.8) is 0 Å². The molecule has 1 unspecified atom stereocenters. The minimum absolute atomic E-state index is 0.0180. The Balaban J connectivity index is 1.68. The lowest BCUT2D eigenvalue weighted by atomic mass is 10.2. The molecular formula is C14H22N2O3S2. The van der Waals surface area contributed by atoms with Crippen molar-refractivity contribution < 1.29 is 13.2 Å². The van der Waals surface area contributed by atoms with Gasteiger partial charge in [-0.1, -0.05) is 6.92 Å². The fraction of sp³-hybridized carbons (Fsp3) is 0.714. The van der Waals surface area contributed by atoms with E-state index in [0.717, 1.165) is 17.8 Å². The SMILES string of the molecule is CCC1CN(S(=O)(=O)c2ccc(CNC3CC3)s2)CCO1. The summed E-state index contributed by atoms with van der Waals surface area (Å²) in [6, 6.07) is 4.29. The van der Waals surface area contributed by atoms with Crippen LogP contribution < -0.4 is 5.32 Å². The van der Waals surface area contributed by atoms with Gasteiger partial charge in [0.2, 0.25) is 0 Å². The van der Waals surface area contributed by atoms with Crippen LogP contribution in [0.2, 0.25) is 0 Å². The van der Waals surface area contributed by atoms with Crippen molar-refractivity contribution in [1.82, 2.24) is 9.62 Å². The van der Waals surface area contributed by atoms with Crippen LogP contribution in [0, 0.1) is 0 Å². The molecule has 1 saturated heterocycles. The number of sulfonamides is 1. The molecule has 1 aliphatic carbocycles. The minimum atomic E-state index is -3.36. The molecule has 0 spiro atoms. The van der Waals surface area contributed by atoms with E-state index in [1.165, 1.54) is 24.2 Å². The van der Waals surface area contributed by atoms with Gasteiger partial charge in [0.25, 0.3) is 10.0 Å². The number of thiophene rings is 1. The quantitative estimate of drug-likeness (QED) is 0.864. The predicted molar refractivity (Wildman–Crippen MR) is 83.0 cm³/mol. The van der Waals surface area contributed by atoms with Gasteiger partial charge < -0.3 is 10.1 Å².